The number of nitrogens with one attached hydrogen (secondary N) is 1. The third-order valence-corrected chi connectivity index (χ3v) is 2.77. The van der Waals surface area contributed by atoms with Crippen molar-refractivity contribution in [2.45, 2.75) is 0 Å². The monoisotopic (exact) mass is 245 g/mol. The molecule has 0 saturated heterocycles. The molecular weight excluding hydrogens is 234 g/mol. The molecule has 17 heavy (non-hydrogen) atoms. The molecule has 2 rings (SSSR count). The van der Waals surface area contributed by atoms with E-state index in [9.17, 15) is 4.79 Å². The Labute approximate surface area is 103 Å². The zero-order chi connectivity index (χ0) is 12.1. The van der Waals surface area contributed by atoms with E-state index in [4.69, 9.17) is 5.73 Å². The number of benzene rings is 1. The smallest absolute Gasteiger partial charge is 0.271 e. The van der Waals surface area contributed by atoms with Crippen LogP contribution in [-0.2, 0) is 0 Å². The van der Waals surface area contributed by atoms with Crippen LogP contribution in [0.3, 0.4) is 0 Å². The second kappa shape index (κ2) is 5.27. The summed E-state index contributed by atoms with van der Waals surface area (Å²) in [5.74, 6) is -0.274. The first kappa shape index (κ1) is 11.3. The summed E-state index contributed by atoms with van der Waals surface area (Å²) in [6.07, 6.45) is 1.60. The Morgan fingerprint density at radius 3 is 3.00 bits per heavy atom. The SMILES string of the molecule is Nc1cccc(C(=O)N/N=C/c2ccsc2)c1. The average Bonchev–Trinajstić information content (AvgIpc) is 2.82. The van der Waals surface area contributed by atoms with Crippen molar-refractivity contribution < 1.29 is 4.79 Å². The Balaban J connectivity index is 1.98. The van der Waals surface area contributed by atoms with Crippen LogP contribution in [-0.4, -0.2) is 12.1 Å². The van der Waals surface area contributed by atoms with Crippen LogP contribution in [0.5, 0.6) is 0 Å². The lowest BCUT2D eigenvalue weighted by atomic mass is 10.2. The van der Waals surface area contributed by atoms with Gasteiger partial charge in [-0.15, -0.1) is 0 Å². The average molecular weight is 245 g/mol. The first-order valence-electron chi connectivity index (χ1n) is 4.97. The van der Waals surface area contributed by atoms with Gasteiger partial charge in [-0.1, -0.05) is 6.07 Å². The van der Waals surface area contributed by atoms with Crippen molar-refractivity contribution in [3.05, 3.63) is 52.2 Å². The van der Waals surface area contributed by atoms with Crippen LogP contribution in [0.2, 0.25) is 0 Å². The molecule has 0 radical (unpaired) electrons. The third kappa shape index (κ3) is 3.15. The highest BCUT2D eigenvalue weighted by atomic mass is 32.1. The second-order valence-corrected chi connectivity index (χ2v) is 4.16. The molecular formula is C12H11N3OS. The predicted octanol–water partition coefficient (Wildman–Crippen LogP) is 2.09. The van der Waals surface area contributed by atoms with Gasteiger partial charge >= 0.3 is 0 Å². The standard InChI is InChI=1S/C12H11N3OS/c13-11-3-1-2-10(6-11)12(16)15-14-7-9-4-5-17-8-9/h1-8H,13H2,(H,15,16)/b14-7+. The lowest BCUT2D eigenvalue weighted by Gasteiger charge is -2.00. The molecule has 0 aliphatic carbocycles. The number of nitrogens with zero attached hydrogens (tertiary/aromatic N) is 1. The van der Waals surface area contributed by atoms with Gasteiger partial charge in [0.25, 0.3) is 5.91 Å². The minimum Gasteiger partial charge on any atom is -0.399 e. The van der Waals surface area contributed by atoms with Crippen molar-refractivity contribution in [2.24, 2.45) is 5.10 Å². The summed E-state index contributed by atoms with van der Waals surface area (Å²) >= 11 is 1.58. The number of nitrogens with two attached hydrogens (primary N) is 1. The van der Waals surface area contributed by atoms with E-state index in [1.54, 1.807) is 41.8 Å². The Bertz CT molecular complexity index is 534. The van der Waals surface area contributed by atoms with Crippen LogP contribution in [0.15, 0.2) is 46.2 Å². The number of thiophene rings is 1. The van der Waals surface area contributed by atoms with E-state index in [0.717, 1.165) is 5.56 Å². The van der Waals surface area contributed by atoms with Crippen LogP contribution in [0.25, 0.3) is 0 Å². The van der Waals surface area contributed by atoms with Crippen molar-refractivity contribution in [3.63, 3.8) is 0 Å². The number of hydrogen-bond donors (Lipinski definition) is 2. The van der Waals surface area contributed by atoms with E-state index in [-0.39, 0.29) is 5.91 Å². The highest BCUT2D eigenvalue weighted by Gasteiger charge is 2.03. The van der Waals surface area contributed by atoms with Gasteiger partial charge in [0.05, 0.1) is 6.21 Å². The number of hydrogen-bond acceptors (Lipinski definition) is 4. The highest BCUT2D eigenvalue weighted by molar-refractivity contribution is 7.08. The van der Waals surface area contributed by atoms with Gasteiger partial charge in [0.1, 0.15) is 0 Å². The lowest BCUT2D eigenvalue weighted by molar-refractivity contribution is 0.0955. The molecule has 4 nitrogen and oxygen atoms in total. The molecule has 0 atom stereocenters. The molecule has 0 saturated carbocycles. The lowest BCUT2D eigenvalue weighted by Crippen LogP contribution is -2.17. The van der Waals surface area contributed by atoms with E-state index in [0.29, 0.717) is 11.3 Å². The predicted molar refractivity (Wildman–Crippen MR) is 70.2 cm³/mol. The van der Waals surface area contributed by atoms with Crippen molar-refractivity contribution >= 4 is 29.1 Å². The first-order valence-corrected chi connectivity index (χ1v) is 5.91. The number of anilines is 1. The van der Waals surface area contributed by atoms with Crippen molar-refractivity contribution in [2.75, 3.05) is 5.73 Å². The van der Waals surface area contributed by atoms with Crippen LogP contribution in [0.4, 0.5) is 5.69 Å². The Morgan fingerprint density at radius 1 is 1.41 bits per heavy atom. The molecule has 0 bridgehead atoms. The Hall–Kier alpha value is -2.14. The summed E-state index contributed by atoms with van der Waals surface area (Å²) in [7, 11) is 0. The Morgan fingerprint density at radius 2 is 2.29 bits per heavy atom. The van der Waals surface area contributed by atoms with Gasteiger partial charge < -0.3 is 5.73 Å². The molecule has 0 aliphatic rings. The molecule has 0 fully saturated rings. The normalized spacial score (nSPS) is 10.6. The summed E-state index contributed by atoms with van der Waals surface area (Å²) in [4.78, 5) is 11.6. The van der Waals surface area contributed by atoms with E-state index in [1.807, 2.05) is 16.8 Å². The second-order valence-electron chi connectivity index (χ2n) is 3.38. The van der Waals surface area contributed by atoms with E-state index in [2.05, 4.69) is 10.5 Å². The molecule has 1 amide bonds. The summed E-state index contributed by atoms with van der Waals surface area (Å²) in [6, 6.07) is 8.67. The number of rotatable bonds is 3. The van der Waals surface area contributed by atoms with Crippen molar-refractivity contribution in [3.8, 4) is 0 Å². The van der Waals surface area contributed by atoms with E-state index >= 15 is 0 Å². The van der Waals surface area contributed by atoms with Crippen LogP contribution in [0.1, 0.15) is 15.9 Å². The van der Waals surface area contributed by atoms with Gasteiger partial charge in [-0.2, -0.15) is 16.4 Å². The largest absolute Gasteiger partial charge is 0.399 e. The molecule has 0 unspecified atom stereocenters. The number of nitrogen functional groups attached to an aromatic ring is 1. The zero-order valence-electron chi connectivity index (χ0n) is 8.96. The molecule has 0 aliphatic heterocycles. The summed E-state index contributed by atoms with van der Waals surface area (Å²) in [5, 5.41) is 7.75. The fraction of sp³-hybridized carbons (Fsp3) is 0. The quantitative estimate of drug-likeness (QED) is 0.494. The summed E-state index contributed by atoms with van der Waals surface area (Å²) in [5.41, 5.74) is 10.0. The van der Waals surface area contributed by atoms with E-state index in [1.165, 1.54) is 0 Å². The van der Waals surface area contributed by atoms with Crippen molar-refractivity contribution in [1.82, 2.24) is 5.43 Å². The molecule has 2 aromatic rings. The van der Waals surface area contributed by atoms with Gasteiger partial charge in [-0.3, -0.25) is 4.79 Å². The van der Waals surface area contributed by atoms with Gasteiger partial charge in [0.2, 0.25) is 0 Å². The number of amides is 1. The summed E-state index contributed by atoms with van der Waals surface area (Å²) in [6.45, 7) is 0. The van der Waals surface area contributed by atoms with E-state index < -0.39 is 0 Å². The highest BCUT2D eigenvalue weighted by Crippen LogP contribution is 2.06. The van der Waals surface area contributed by atoms with Gasteiger partial charge in [-0.25, -0.2) is 5.43 Å². The number of carbonyl (C=O) groups excluding carboxylic acids is 1. The molecule has 5 heteroatoms. The zero-order valence-corrected chi connectivity index (χ0v) is 9.78. The van der Waals surface area contributed by atoms with Crippen LogP contribution in [0, 0.1) is 0 Å². The van der Waals surface area contributed by atoms with Gasteiger partial charge in [0.15, 0.2) is 0 Å². The minimum absolute atomic E-state index is 0.274. The molecule has 3 N–H and O–H groups in total. The molecule has 0 spiro atoms. The minimum atomic E-state index is -0.274. The fourth-order valence-corrected chi connectivity index (χ4v) is 1.87. The van der Waals surface area contributed by atoms with Crippen LogP contribution >= 0.6 is 11.3 Å². The Kier molecular flexibility index (Phi) is 3.52. The topological polar surface area (TPSA) is 67.5 Å². The first-order chi connectivity index (χ1) is 8.25. The number of carbonyl (C=O) groups is 1. The molecule has 1 aromatic carbocycles. The fourth-order valence-electron chi connectivity index (χ4n) is 1.26. The van der Waals surface area contributed by atoms with Crippen LogP contribution < -0.4 is 11.2 Å². The van der Waals surface area contributed by atoms with Gasteiger partial charge in [0, 0.05) is 16.8 Å². The summed E-state index contributed by atoms with van der Waals surface area (Å²) < 4.78 is 0. The van der Waals surface area contributed by atoms with Crippen molar-refractivity contribution in [1.29, 1.82) is 0 Å². The molecule has 1 heterocycles. The number of hydrazone groups is 1. The molecule has 1 aromatic heterocycles. The molecule has 86 valence electrons. The third-order valence-electron chi connectivity index (χ3n) is 2.07. The maximum Gasteiger partial charge on any atom is 0.271 e. The van der Waals surface area contributed by atoms with Gasteiger partial charge in [-0.05, 0) is 35.0 Å². The maximum absolute atomic E-state index is 11.6. The maximum atomic E-state index is 11.6.